The van der Waals surface area contributed by atoms with Gasteiger partial charge in [-0.2, -0.15) is 0 Å². The number of aromatic nitrogens is 1. The number of nitrogens with zero attached hydrogens (tertiary/aromatic N) is 1. The van der Waals surface area contributed by atoms with E-state index in [2.05, 4.69) is 22.5 Å². The first kappa shape index (κ1) is 24.3. The first-order valence-corrected chi connectivity index (χ1v) is 8.83. The monoisotopic (exact) mass is 418 g/mol. The Morgan fingerprint density at radius 2 is 1.88 bits per heavy atom. The number of unbranched alkanes of at least 4 members (excludes halogenated alkanes) is 1. The molecule has 0 saturated heterocycles. The largest absolute Gasteiger partial charge is 0.347 e. The average molecular weight is 419 g/mol. The Hall–Kier alpha value is -1.67. The molecular formula is C17H24Cl2N4O2S. The van der Waals surface area contributed by atoms with Crippen molar-refractivity contribution in [3.05, 3.63) is 46.4 Å². The molecule has 0 aliphatic heterocycles. The number of nitrogens with one attached hydrogen (secondary N) is 2. The number of rotatable bonds is 8. The molecular weight excluding hydrogens is 395 g/mol. The van der Waals surface area contributed by atoms with Crippen LogP contribution in [0.5, 0.6) is 0 Å². The van der Waals surface area contributed by atoms with Crippen LogP contribution in [0.1, 0.15) is 46.2 Å². The SMILES string of the molecule is CCCCC(CN)NC(=O)c1sccc1NC(=O)c1ccncc1.Cl.Cl. The minimum absolute atomic E-state index is 0. The Morgan fingerprint density at radius 1 is 1.19 bits per heavy atom. The zero-order valence-electron chi connectivity index (χ0n) is 14.4. The second kappa shape index (κ2) is 12.6. The predicted molar refractivity (Wildman–Crippen MR) is 111 cm³/mol. The number of nitrogens with two attached hydrogens (primary N) is 1. The molecule has 0 saturated carbocycles. The molecule has 2 aromatic rings. The van der Waals surface area contributed by atoms with Gasteiger partial charge in [-0.1, -0.05) is 19.8 Å². The van der Waals surface area contributed by atoms with E-state index in [1.54, 1.807) is 36.0 Å². The van der Waals surface area contributed by atoms with Crippen molar-refractivity contribution in [3.8, 4) is 0 Å². The molecule has 1 atom stereocenters. The fraction of sp³-hybridized carbons (Fsp3) is 0.353. The molecule has 2 amide bonds. The lowest BCUT2D eigenvalue weighted by atomic mass is 10.1. The van der Waals surface area contributed by atoms with Crippen LogP contribution in [-0.2, 0) is 0 Å². The zero-order valence-corrected chi connectivity index (χ0v) is 16.9. The summed E-state index contributed by atoms with van der Waals surface area (Å²) in [5.74, 6) is -0.479. The summed E-state index contributed by atoms with van der Waals surface area (Å²) in [5.41, 5.74) is 6.72. The van der Waals surface area contributed by atoms with Crippen LogP contribution >= 0.6 is 36.2 Å². The lowest BCUT2D eigenvalue weighted by molar-refractivity contribution is 0.0940. The zero-order chi connectivity index (χ0) is 17.4. The van der Waals surface area contributed by atoms with Gasteiger partial charge in [0.2, 0.25) is 0 Å². The minimum atomic E-state index is -0.272. The first-order valence-electron chi connectivity index (χ1n) is 7.95. The molecule has 0 aliphatic carbocycles. The summed E-state index contributed by atoms with van der Waals surface area (Å²) in [6.07, 6.45) is 6.02. The lowest BCUT2D eigenvalue weighted by Crippen LogP contribution is -2.40. The van der Waals surface area contributed by atoms with Crippen LogP contribution in [0.15, 0.2) is 36.0 Å². The molecule has 0 fully saturated rings. The highest BCUT2D eigenvalue weighted by Gasteiger charge is 2.18. The molecule has 2 heterocycles. The summed E-state index contributed by atoms with van der Waals surface area (Å²) in [5, 5.41) is 7.49. The number of carbonyl (C=O) groups is 2. The van der Waals surface area contributed by atoms with Crippen LogP contribution in [0.3, 0.4) is 0 Å². The van der Waals surface area contributed by atoms with Crippen molar-refractivity contribution in [2.24, 2.45) is 5.73 Å². The molecule has 0 aromatic carbocycles. The van der Waals surface area contributed by atoms with Crippen molar-refractivity contribution in [2.75, 3.05) is 11.9 Å². The van der Waals surface area contributed by atoms with E-state index in [-0.39, 0.29) is 42.7 Å². The number of halogens is 2. The van der Waals surface area contributed by atoms with E-state index in [1.165, 1.54) is 11.3 Å². The highest BCUT2D eigenvalue weighted by molar-refractivity contribution is 7.12. The van der Waals surface area contributed by atoms with Crippen LogP contribution < -0.4 is 16.4 Å². The van der Waals surface area contributed by atoms with Gasteiger partial charge in [0.05, 0.1) is 5.69 Å². The number of carbonyl (C=O) groups excluding carboxylic acids is 2. The van der Waals surface area contributed by atoms with Crippen molar-refractivity contribution >= 4 is 53.7 Å². The Balaban J connectivity index is 0.00000312. The van der Waals surface area contributed by atoms with Crippen LogP contribution in [0.2, 0.25) is 0 Å². The maximum atomic E-state index is 12.5. The summed E-state index contributed by atoms with van der Waals surface area (Å²) in [7, 11) is 0. The number of anilines is 1. The molecule has 26 heavy (non-hydrogen) atoms. The van der Waals surface area contributed by atoms with Crippen LogP contribution in [0.4, 0.5) is 5.69 Å². The Labute approximate surface area is 169 Å². The van der Waals surface area contributed by atoms with E-state index in [9.17, 15) is 9.59 Å². The van der Waals surface area contributed by atoms with E-state index in [0.717, 1.165) is 19.3 Å². The molecule has 9 heteroatoms. The second-order valence-corrected chi connectivity index (χ2v) is 6.32. The topological polar surface area (TPSA) is 97.1 Å². The number of hydrogen-bond acceptors (Lipinski definition) is 5. The summed E-state index contributed by atoms with van der Waals surface area (Å²) < 4.78 is 0. The molecule has 144 valence electrons. The highest BCUT2D eigenvalue weighted by Crippen LogP contribution is 2.23. The van der Waals surface area contributed by atoms with Gasteiger partial charge in [-0.3, -0.25) is 14.6 Å². The summed E-state index contributed by atoms with van der Waals surface area (Å²) in [6.45, 7) is 2.50. The fourth-order valence-electron chi connectivity index (χ4n) is 2.23. The molecule has 2 rings (SSSR count). The van der Waals surface area contributed by atoms with Gasteiger partial charge >= 0.3 is 0 Å². The molecule has 0 radical (unpaired) electrons. The van der Waals surface area contributed by atoms with E-state index >= 15 is 0 Å². The van der Waals surface area contributed by atoms with E-state index in [1.807, 2.05) is 0 Å². The molecule has 4 N–H and O–H groups in total. The van der Waals surface area contributed by atoms with Crippen LogP contribution in [0.25, 0.3) is 0 Å². The second-order valence-electron chi connectivity index (χ2n) is 5.40. The number of amides is 2. The number of thiophene rings is 1. The van der Waals surface area contributed by atoms with Gasteiger partial charge < -0.3 is 16.4 Å². The van der Waals surface area contributed by atoms with E-state index in [0.29, 0.717) is 22.7 Å². The molecule has 1 unspecified atom stereocenters. The number of pyridine rings is 1. The quantitative estimate of drug-likeness (QED) is 0.610. The molecule has 0 bridgehead atoms. The van der Waals surface area contributed by atoms with Crippen LogP contribution in [-0.4, -0.2) is 29.4 Å². The van der Waals surface area contributed by atoms with E-state index in [4.69, 9.17) is 5.73 Å². The molecule has 0 aliphatic rings. The minimum Gasteiger partial charge on any atom is -0.347 e. The smallest absolute Gasteiger partial charge is 0.263 e. The summed E-state index contributed by atoms with van der Waals surface area (Å²) in [4.78, 5) is 29.0. The van der Waals surface area contributed by atoms with Crippen molar-refractivity contribution in [2.45, 2.75) is 32.2 Å². The first-order chi connectivity index (χ1) is 11.7. The third-order valence-electron chi connectivity index (χ3n) is 3.59. The van der Waals surface area contributed by atoms with E-state index < -0.39 is 0 Å². The van der Waals surface area contributed by atoms with Crippen molar-refractivity contribution in [1.82, 2.24) is 10.3 Å². The van der Waals surface area contributed by atoms with Gasteiger partial charge in [0.15, 0.2) is 0 Å². The van der Waals surface area contributed by atoms with Crippen molar-refractivity contribution in [3.63, 3.8) is 0 Å². The maximum absolute atomic E-state index is 12.5. The molecule has 6 nitrogen and oxygen atoms in total. The van der Waals surface area contributed by atoms with Gasteiger partial charge in [0.25, 0.3) is 11.8 Å². The van der Waals surface area contributed by atoms with Crippen molar-refractivity contribution in [1.29, 1.82) is 0 Å². The number of hydrogen-bond donors (Lipinski definition) is 3. The third-order valence-corrected chi connectivity index (χ3v) is 4.50. The standard InChI is InChI=1S/C17H22N4O2S.2ClH/c1-2-3-4-13(11-18)20-17(23)15-14(7-10-24-15)21-16(22)12-5-8-19-9-6-12;;/h5-10,13H,2-4,11,18H2,1H3,(H,20,23)(H,21,22);2*1H. The average Bonchev–Trinajstić information content (AvgIpc) is 3.07. The molecule has 2 aromatic heterocycles. The third kappa shape index (κ3) is 6.92. The van der Waals surface area contributed by atoms with Gasteiger partial charge in [-0.05, 0) is 30.0 Å². The van der Waals surface area contributed by atoms with Gasteiger partial charge in [0.1, 0.15) is 4.88 Å². The Kier molecular flexibility index (Phi) is 11.8. The van der Waals surface area contributed by atoms with Gasteiger partial charge in [-0.25, -0.2) is 0 Å². The maximum Gasteiger partial charge on any atom is 0.263 e. The normalized spacial score (nSPS) is 10.8. The van der Waals surface area contributed by atoms with Gasteiger partial charge in [-0.15, -0.1) is 36.2 Å². The fourth-order valence-corrected chi connectivity index (χ4v) is 2.98. The molecule has 0 spiro atoms. The summed E-state index contributed by atoms with van der Waals surface area (Å²) >= 11 is 1.29. The Morgan fingerprint density at radius 3 is 2.50 bits per heavy atom. The van der Waals surface area contributed by atoms with Crippen molar-refractivity contribution < 1.29 is 9.59 Å². The van der Waals surface area contributed by atoms with Crippen LogP contribution in [0, 0.1) is 0 Å². The Bertz CT molecular complexity index is 682. The highest BCUT2D eigenvalue weighted by atomic mass is 35.5. The lowest BCUT2D eigenvalue weighted by Gasteiger charge is -2.16. The predicted octanol–water partition coefficient (Wildman–Crippen LogP) is 3.49. The van der Waals surface area contributed by atoms with Gasteiger partial charge in [0, 0.05) is 30.5 Å². The summed E-state index contributed by atoms with van der Waals surface area (Å²) in [6, 6.07) is 4.92.